The van der Waals surface area contributed by atoms with Crippen molar-refractivity contribution in [2.45, 2.75) is 64.7 Å². The molecule has 1 unspecified atom stereocenters. The third kappa shape index (κ3) is 5.65. The summed E-state index contributed by atoms with van der Waals surface area (Å²) in [6, 6.07) is 7.48. The minimum absolute atomic E-state index is 0.101. The van der Waals surface area contributed by atoms with Gasteiger partial charge in [-0.3, -0.25) is 9.59 Å². The molecule has 1 saturated heterocycles. The standard InChI is InChI=1S/C28H40N4O3/c1-19-4-6-24(7-5-19)31-27(35)30-17-20-3-2-10-32(18-20)25(33)8-9-29-26(34)28-14-21-11-22(15-28)13-23(12-21)16-28/h4-7,20-23H,2-3,8-18H2,1H3,(H,29,34)(H2,30,31,35). The van der Waals surface area contributed by atoms with Crippen molar-refractivity contribution in [2.24, 2.45) is 29.1 Å². The Balaban J connectivity index is 1.03. The fourth-order valence-electron chi connectivity index (χ4n) is 7.52. The van der Waals surface area contributed by atoms with Crippen LogP contribution in [0.25, 0.3) is 0 Å². The summed E-state index contributed by atoms with van der Waals surface area (Å²) in [6.45, 7) is 4.40. The number of amides is 4. The van der Waals surface area contributed by atoms with Crippen molar-refractivity contribution in [3.8, 4) is 0 Å². The molecule has 190 valence electrons. The van der Waals surface area contributed by atoms with Crippen molar-refractivity contribution in [1.82, 2.24) is 15.5 Å². The molecule has 4 aliphatic carbocycles. The number of hydrogen-bond acceptors (Lipinski definition) is 3. The van der Waals surface area contributed by atoms with Crippen LogP contribution in [0.3, 0.4) is 0 Å². The molecule has 3 N–H and O–H groups in total. The van der Waals surface area contributed by atoms with Crippen molar-refractivity contribution >= 4 is 23.5 Å². The van der Waals surface area contributed by atoms with Crippen LogP contribution < -0.4 is 16.0 Å². The Labute approximate surface area is 208 Å². The molecule has 7 nitrogen and oxygen atoms in total. The molecule has 1 heterocycles. The fraction of sp³-hybridized carbons (Fsp3) is 0.679. The predicted molar refractivity (Wildman–Crippen MR) is 136 cm³/mol. The van der Waals surface area contributed by atoms with E-state index in [2.05, 4.69) is 16.0 Å². The highest BCUT2D eigenvalue weighted by atomic mass is 16.2. The number of hydrogen-bond donors (Lipinski definition) is 3. The third-order valence-electron chi connectivity index (χ3n) is 8.88. The minimum atomic E-state index is -0.218. The average Bonchev–Trinajstić information content (AvgIpc) is 2.83. The molecule has 1 aromatic rings. The molecule has 35 heavy (non-hydrogen) atoms. The van der Waals surface area contributed by atoms with E-state index in [0.717, 1.165) is 67.7 Å². The molecule has 1 aliphatic heterocycles. The number of likely N-dealkylation sites (tertiary alicyclic amines) is 1. The highest BCUT2D eigenvalue weighted by molar-refractivity contribution is 5.89. The van der Waals surface area contributed by atoms with Gasteiger partial charge in [0.15, 0.2) is 0 Å². The zero-order valence-electron chi connectivity index (χ0n) is 21.0. The second kappa shape index (κ2) is 10.2. The van der Waals surface area contributed by atoms with E-state index in [1.165, 1.54) is 19.3 Å². The number of piperidine rings is 1. The molecular formula is C28H40N4O3. The molecule has 0 aromatic heterocycles. The van der Waals surface area contributed by atoms with E-state index in [1.54, 1.807) is 0 Å². The van der Waals surface area contributed by atoms with Crippen molar-refractivity contribution < 1.29 is 14.4 Å². The molecule has 4 saturated carbocycles. The van der Waals surface area contributed by atoms with Crippen LogP contribution in [-0.2, 0) is 9.59 Å². The van der Waals surface area contributed by atoms with E-state index in [1.807, 2.05) is 36.1 Å². The summed E-state index contributed by atoms with van der Waals surface area (Å²) in [7, 11) is 0. The summed E-state index contributed by atoms with van der Waals surface area (Å²) in [6.07, 6.45) is 9.42. The Kier molecular flexibility index (Phi) is 7.03. The van der Waals surface area contributed by atoms with E-state index in [0.29, 0.717) is 26.1 Å². The van der Waals surface area contributed by atoms with Crippen LogP contribution in [0.15, 0.2) is 24.3 Å². The van der Waals surface area contributed by atoms with Gasteiger partial charge in [0.1, 0.15) is 0 Å². The van der Waals surface area contributed by atoms with Gasteiger partial charge in [-0.15, -0.1) is 0 Å². The van der Waals surface area contributed by atoms with Crippen LogP contribution in [0.5, 0.6) is 0 Å². The normalized spacial score (nSPS) is 31.2. The zero-order chi connectivity index (χ0) is 24.4. The molecule has 0 spiro atoms. The van der Waals surface area contributed by atoms with Gasteiger partial charge in [-0.1, -0.05) is 17.7 Å². The number of anilines is 1. The smallest absolute Gasteiger partial charge is 0.319 e. The molecule has 6 rings (SSSR count). The highest BCUT2D eigenvalue weighted by Gasteiger charge is 2.54. The van der Waals surface area contributed by atoms with Crippen molar-refractivity contribution in [2.75, 3.05) is 31.5 Å². The van der Waals surface area contributed by atoms with Crippen molar-refractivity contribution in [3.05, 3.63) is 29.8 Å². The summed E-state index contributed by atoms with van der Waals surface area (Å²) in [4.78, 5) is 40.1. The second-order valence-corrected chi connectivity index (χ2v) is 11.8. The second-order valence-electron chi connectivity index (χ2n) is 11.8. The first kappa shape index (κ1) is 24.1. The number of benzene rings is 1. The lowest BCUT2D eigenvalue weighted by molar-refractivity contribution is -0.146. The molecule has 7 heteroatoms. The largest absolute Gasteiger partial charge is 0.355 e. The van der Waals surface area contributed by atoms with Crippen LogP contribution >= 0.6 is 0 Å². The number of nitrogens with one attached hydrogen (secondary N) is 3. The number of carbonyl (C=O) groups excluding carboxylic acids is 3. The van der Waals surface area contributed by atoms with E-state index < -0.39 is 0 Å². The summed E-state index contributed by atoms with van der Waals surface area (Å²) < 4.78 is 0. The zero-order valence-corrected chi connectivity index (χ0v) is 21.0. The molecule has 4 amide bonds. The van der Waals surface area contributed by atoms with E-state index >= 15 is 0 Å². The first-order chi connectivity index (χ1) is 16.9. The van der Waals surface area contributed by atoms with Crippen LogP contribution in [0, 0.1) is 36.0 Å². The van der Waals surface area contributed by atoms with Gasteiger partial charge >= 0.3 is 6.03 Å². The van der Waals surface area contributed by atoms with E-state index in [-0.39, 0.29) is 29.2 Å². The van der Waals surface area contributed by atoms with Gasteiger partial charge in [0.05, 0.1) is 0 Å². The lowest BCUT2D eigenvalue weighted by Gasteiger charge is -2.55. The maximum atomic E-state index is 13.1. The summed E-state index contributed by atoms with van der Waals surface area (Å²) in [5.74, 6) is 2.77. The minimum Gasteiger partial charge on any atom is -0.355 e. The van der Waals surface area contributed by atoms with Crippen LogP contribution in [0.4, 0.5) is 10.5 Å². The number of nitrogens with zero attached hydrogens (tertiary/aromatic N) is 1. The maximum Gasteiger partial charge on any atom is 0.319 e. The third-order valence-corrected chi connectivity index (χ3v) is 8.88. The van der Waals surface area contributed by atoms with Crippen LogP contribution in [0.2, 0.25) is 0 Å². The van der Waals surface area contributed by atoms with Gasteiger partial charge < -0.3 is 20.9 Å². The van der Waals surface area contributed by atoms with Gasteiger partial charge in [-0.25, -0.2) is 4.79 Å². The number of aryl methyl sites for hydroxylation is 1. The van der Waals surface area contributed by atoms with E-state index in [4.69, 9.17) is 0 Å². The Morgan fingerprint density at radius 1 is 0.971 bits per heavy atom. The number of carbonyl (C=O) groups is 3. The number of urea groups is 1. The first-order valence-electron chi connectivity index (χ1n) is 13.6. The Hall–Kier alpha value is -2.57. The lowest BCUT2D eigenvalue weighted by Crippen LogP contribution is -2.54. The molecule has 0 radical (unpaired) electrons. The summed E-state index contributed by atoms with van der Waals surface area (Å²) in [5.41, 5.74) is 1.76. The predicted octanol–water partition coefficient (Wildman–Crippen LogP) is 4.08. The van der Waals surface area contributed by atoms with Crippen molar-refractivity contribution in [1.29, 1.82) is 0 Å². The van der Waals surface area contributed by atoms with Crippen molar-refractivity contribution in [3.63, 3.8) is 0 Å². The first-order valence-corrected chi connectivity index (χ1v) is 13.6. The topological polar surface area (TPSA) is 90.5 Å². The Bertz CT molecular complexity index is 909. The molecule has 5 fully saturated rings. The Morgan fingerprint density at radius 3 is 2.29 bits per heavy atom. The fourth-order valence-corrected chi connectivity index (χ4v) is 7.52. The SMILES string of the molecule is Cc1ccc(NC(=O)NCC2CCCN(C(=O)CCNC(=O)C34CC5CC(CC(C5)C3)C4)C2)cc1. The maximum absolute atomic E-state index is 13.1. The molecule has 1 aromatic carbocycles. The van der Waals surface area contributed by atoms with Gasteiger partial charge in [-0.05, 0) is 94.1 Å². The van der Waals surface area contributed by atoms with Crippen LogP contribution in [0.1, 0.15) is 63.4 Å². The van der Waals surface area contributed by atoms with Gasteiger partial charge in [0.2, 0.25) is 11.8 Å². The molecular weight excluding hydrogens is 440 g/mol. The van der Waals surface area contributed by atoms with Crippen LogP contribution in [-0.4, -0.2) is 48.9 Å². The lowest BCUT2D eigenvalue weighted by atomic mass is 9.49. The van der Waals surface area contributed by atoms with Gasteiger partial charge in [0.25, 0.3) is 0 Å². The average molecular weight is 481 g/mol. The highest BCUT2D eigenvalue weighted by Crippen LogP contribution is 2.60. The Morgan fingerprint density at radius 2 is 1.63 bits per heavy atom. The molecule has 4 bridgehead atoms. The monoisotopic (exact) mass is 480 g/mol. The summed E-state index contributed by atoms with van der Waals surface area (Å²) >= 11 is 0. The molecule has 1 atom stereocenters. The van der Waals surface area contributed by atoms with Gasteiger partial charge in [0, 0.05) is 43.7 Å². The molecule has 5 aliphatic rings. The number of rotatable bonds is 7. The quantitative estimate of drug-likeness (QED) is 0.549. The van der Waals surface area contributed by atoms with E-state index in [9.17, 15) is 14.4 Å². The summed E-state index contributed by atoms with van der Waals surface area (Å²) in [5, 5.41) is 8.94. The van der Waals surface area contributed by atoms with Gasteiger partial charge in [-0.2, -0.15) is 0 Å².